The summed E-state index contributed by atoms with van der Waals surface area (Å²) in [5.74, 6) is 0.00446. The smallest absolute Gasteiger partial charge is 0.272 e. The Morgan fingerprint density at radius 2 is 2.00 bits per heavy atom. The van der Waals surface area contributed by atoms with E-state index in [9.17, 15) is 9.90 Å². The molecule has 0 saturated carbocycles. The highest BCUT2D eigenvalue weighted by Crippen LogP contribution is 2.13. The summed E-state index contributed by atoms with van der Waals surface area (Å²) in [7, 11) is 1.69. The molecule has 0 aliphatic carbocycles. The van der Waals surface area contributed by atoms with E-state index in [4.69, 9.17) is 11.6 Å². The van der Waals surface area contributed by atoms with Crippen molar-refractivity contribution in [2.75, 3.05) is 7.05 Å². The van der Waals surface area contributed by atoms with Gasteiger partial charge in [-0.1, -0.05) is 23.7 Å². The van der Waals surface area contributed by atoms with E-state index < -0.39 is 0 Å². The lowest BCUT2D eigenvalue weighted by Gasteiger charge is -2.16. The second kappa shape index (κ2) is 5.71. The molecule has 0 fully saturated rings. The molecule has 0 radical (unpaired) electrons. The molecule has 0 aliphatic heterocycles. The zero-order valence-corrected chi connectivity index (χ0v) is 11.1. The van der Waals surface area contributed by atoms with Crippen LogP contribution in [0.2, 0.25) is 5.02 Å². The number of aromatic nitrogens is 1. The van der Waals surface area contributed by atoms with Crippen LogP contribution in [0.4, 0.5) is 0 Å². The van der Waals surface area contributed by atoms with Crippen molar-refractivity contribution in [3.05, 3.63) is 58.9 Å². The molecule has 19 heavy (non-hydrogen) atoms. The maximum absolute atomic E-state index is 12.1. The molecule has 1 amide bonds. The van der Waals surface area contributed by atoms with E-state index in [1.165, 1.54) is 12.3 Å². The van der Waals surface area contributed by atoms with E-state index in [0.29, 0.717) is 17.3 Å². The molecule has 1 heterocycles. The molecule has 0 saturated heterocycles. The molecular weight excluding hydrogens is 264 g/mol. The van der Waals surface area contributed by atoms with Crippen LogP contribution < -0.4 is 0 Å². The van der Waals surface area contributed by atoms with Gasteiger partial charge in [0.25, 0.3) is 5.91 Å². The number of benzene rings is 1. The Hall–Kier alpha value is -2.07. The second-order valence-electron chi connectivity index (χ2n) is 4.19. The number of nitrogens with zero attached hydrogens (tertiary/aromatic N) is 2. The van der Waals surface area contributed by atoms with Crippen molar-refractivity contribution >= 4 is 17.5 Å². The molecule has 0 aliphatic rings. The fraction of sp³-hybridized carbons (Fsp3) is 0.143. The Labute approximate surface area is 116 Å². The molecule has 1 aromatic heterocycles. The van der Waals surface area contributed by atoms with Crippen molar-refractivity contribution in [2.24, 2.45) is 0 Å². The van der Waals surface area contributed by atoms with Crippen molar-refractivity contribution < 1.29 is 9.90 Å². The van der Waals surface area contributed by atoms with E-state index in [2.05, 4.69) is 4.98 Å². The molecule has 0 atom stereocenters. The average molecular weight is 277 g/mol. The molecule has 1 aromatic carbocycles. The van der Waals surface area contributed by atoms with Gasteiger partial charge in [0.1, 0.15) is 11.4 Å². The minimum absolute atomic E-state index is 0.199. The molecule has 1 N–H and O–H groups in total. The minimum atomic E-state index is -0.199. The highest BCUT2D eigenvalue weighted by Gasteiger charge is 2.13. The zero-order chi connectivity index (χ0) is 13.8. The summed E-state index contributed by atoms with van der Waals surface area (Å²) < 4.78 is 0. The third kappa shape index (κ3) is 3.45. The fourth-order valence-corrected chi connectivity index (χ4v) is 1.82. The maximum Gasteiger partial charge on any atom is 0.272 e. The number of pyridine rings is 1. The number of halogens is 1. The van der Waals surface area contributed by atoms with Gasteiger partial charge in [0, 0.05) is 24.8 Å². The number of phenolic OH excluding ortho intramolecular Hbond substituents is 1. The summed E-state index contributed by atoms with van der Waals surface area (Å²) in [5, 5.41) is 9.69. The maximum atomic E-state index is 12.1. The monoisotopic (exact) mass is 276 g/mol. The van der Waals surface area contributed by atoms with Gasteiger partial charge < -0.3 is 10.0 Å². The minimum Gasteiger partial charge on any atom is -0.508 e. The zero-order valence-electron chi connectivity index (χ0n) is 10.4. The van der Waals surface area contributed by atoms with E-state index in [1.54, 1.807) is 42.3 Å². The first-order valence-corrected chi connectivity index (χ1v) is 6.09. The van der Waals surface area contributed by atoms with E-state index in [1.807, 2.05) is 0 Å². The van der Waals surface area contributed by atoms with Crippen LogP contribution in [0.5, 0.6) is 5.75 Å². The number of carbonyl (C=O) groups excluding carboxylic acids is 1. The summed E-state index contributed by atoms with van der Waals surface area (Å²) in [5.41, 5.74) is 1.24. The van der Waals surface area contributed by atoms with Gasteiger partial charge in [0.05, 0.1) is 0 Å². The van der Waals surface area contributed by atoms with Crippen LogP contribution in [0, 0.1) is 0 Å². The van der Waals surface area contributed by atoms with E-state index in [-0.39, 0.29) is 11.7 Å². The van der Waals surface area contributed by atoms with Gasteiger partial charge in [-0.25, -0.2) is 0 Å². The molecule has 2 rings (SSSR count). The molecule has 0 unspecified atom stereocenters. The third-order valence-electron chi connectivity index (χ3n) is 2.64. The Morgan fingerprint density at radius 3 is 2.63 bits per heavy atom. The number of carbonyl (C=O) groups is 1. The summed E-state index contributed by atoms with van der Waals surface area (Å²) in [6.45, 7) is 0.438. The lowest BCUT2D eigenvalue weighted by atomic mass is 10.2. The Bertz CT molecular complexity index is 584. The summed E-state index contributed by atoms with van der Waals surface area (Å²) in [6.07, 6.45) is 1.50. The van der Waals surface area contributed by atoms with Gasteiger partial charge in [-0.15, -0.1) is 0 Å². The van der Waals surface area contributed by atoms with Gasteiger partial charge in [0.15, 0.2) is 0 Å². The first-order valence-electron chi connectivity index (χ1n) is 5.71. The Morgan fingerprint density at radius 1 is 1.32 bits per heavy atom. The lowest BCUT2D eigenvalue weighted by molar-refractivity contribution is 0.0779. The average Bonchev–Trinajstić information content (AvgIpc) is 2.40. The van der Waals surface area contributed by atoms with Crippen molar-refractivity contribution in [3.8, 4) is 5.75 Å². The van der Waals surface area contributed by atoms with E-state index in [0.717, 1.165) is 5.56 Å². The Balaban J connectivity index is 2.09. The molecule has 2 aromatic rings. The first-order chi connectivity index (χ1) is 9.06. The van der Waals surface area contributed by atoms with Gasteiger partial charge in [0.2, 0.25) is 0 Å². The predicted molar refractivity (Wildman–Crippen MR) is 73.2 cm³/mol. The summed E-state index contributed by atoms with van der Waals surface area (Å²) >= 11 is 5.83. The molecule has 5 heteroatoms. The third-order valence-corrected chi connectivity index (χ3v) is 2.88. The number of rotatable bonds is 3. The second-order valence-corrected chi connectivity index (χ2v) is 4.62. The highest BCUT2D eigenvalue weighted by atomic mass is 35.5. The van der Waals surface area contributed by atoms with Crippen molar-refractivity contribution in [1.82, 2.24) is 9.88 Å². The molecule has 0 bridgehead atoms. The van der Waals surface area contributed by atoms with Crippen LogP contribution >= 0.6 is 11.6 Å². The topological polar surface area (TPSA) is 53.4 Å². The Kier molecular flexibility index (Phi) is 4.02. The fourth-order valence-electron chi connectivity index (χ4n) is 1.66. The molecule has 0 spiro atoms. The van der Waals surface area contributed by atoms with Crippen LogP contribution in [0.15, 0.2) is 42.6 Å². The summed E-state index contributed by atoms with van der Waals surface area (Å²) in [4.78, 5) is 17.7. The van der Waals surface area contributed by atoms with Gasteiger partial charge >= 0.3 is 0 Å². The van der Waals surface area contributed by atoms with Crippen LogP contribution in [0.1, 0.15) is 16.1 Å². The molecule has 4 nitrogen and oxygen atoms in total. The largest absolute Gasteiger partial charge is 0.508 e. The predicted octanol–water partition coefficient (Wildman–Crippen LogP) is 2.71. The van der Waals surface area contributed by atoms with Crippen LogP contribution in [-0.2, 0) is 6.54 Å². The van der Waals surface area contributed by atoms with Crippen molar-refractivity contribution in [1.29, 1.82) is 0 Å². The number of amides is 1. The highest BCUT2D eigenvalue weighted by molar-refractivity contribution is 6.30. The van der Waals surface area contributed by atoms with Gasteiger partial charge in [-0.3, -0.25) is 9.78 Å². The van der Waals surface area contributed by atoms with Crippen LogP contribution in [0.25, 0.3) is 0 Å². The van der Waals surface area contributed by atoms with Crippen molar-refractivity contribution in [3.63, 3.8) is 0 Å². The number of phenols is 1. The number of hydrogen-bond acceptors (Lipinski definition) is 3. The number of hydrogen-bond donors (Lipinski definition) is 1. The first kappa shape index (κ1) is 13.4. The van der Waals surface area contributed by atoms with E-state index >= 15 is 0 Å². The SMILES string of the molecule is CN(Cc1ccc(O)cc1)C(=O)c1cc(Cl)ccn1. The van der Waals surface area contributed by atoms with Gasteiger partial charge in [-0.05, 0) is 29.8 Å². The lowest BCUT2D eigenvalue weighted by Crippen LogP contribution is -2.26. The standard InChI is InChI=1S/C14H13ClN2O2/c1-17(9-10-2-4-12(18)5-3-10)14(19)13-8-11(15)6-7-16-13/h2-8,18H,9H2,1H3. The summed E-state index contributed by atoms with van der Waals surface area (Å²) in [6, 6.07) is 9.88. The molecule has 98 valence electrons. The van der Waals surface area contributed by atoms with Crippen LogP contribution in [-0.4, -0.2) is 27.9 Å². The van der Waals surface area contributed by atoms with Gasteiger partial charge in [-0.2, -0.15) is 0 Å². The van der Waals surface area contributed by atoms with Crippen LogP contribution in [0.3, 0.4) is 0 Å². The molecular formula is C14H13ClN2O2. The number of aromatic hydroxyl groups is 1. The normalized spacial score (nSPS) is 10.2. The van der Waals surface area contributed by atoms with Crippen molar-refractivity contribution in [2.45, 2.75) is 6.54 Å². The quantitative estimate of drug-likeness (QED) is 0.938.